The molecule has 2 rings (SSSR count). The summed E-state index contributed by atoms with van der Waals surface area (Å²) in [4.78, 5) is 0. The predicted molar refractivity (Wildman–Crippen MR) is 118 cm³/mol. The van der Waals surface area contributed by atoms with Crippen LogP contribution in [0.2, 0.25) is 33.2 Å². The Labute approximate surface area is 172 Å². The molecule has 1 N–H and O–H groups in total. The van der Waals surface area contributed by atoms with Crippen LogP contribution in [0.4, 0.5) is 5.69 Å². The first-order chi connectivity index (χ1) is 11.9. The van der Waals surface area contributed by atoms with Crippen LogP contribution < -0.4 is 9.74 Å². The van der Waals surface area contributed by atoms with E-state index in [1.54, 1.807) is 6.07 Å². The molecule has 26 heavy (non-hydrogen) atoms. The van der Waals surface area contributed by atoms with Crippen LogP contribution >= 0.6 is 34.8 Å². The number of anilines is 1. The Morgan fingerprint density at radius 1 is 0.962 bits per heavy atom. The third-order valence-corrected chi connectivity index (χ3v) is 10.2. The van der Waals surface area contributed by atoms with Gasteiger partial charge < -0.3 is 9.74 Å². The Kier molecular flexibility index (Phi) is 6.60. The molecular formula is C20H26Cl3NOSi. The second-order valence-electron chi connectivity index (χ2n) is 8.04. The minimum Gasteiger partial charge on any atom is -0.543 e. The van der Waals surface area contributed by atoms with E-state index in [2.05, 4.69) is 39.2 Å². The van der Waals surface area contributed by atoms with Gasteiger partial charge in [0, 0.05) is 16.1 Å². The first-order valence-electron chi connectivity index (χ1n) is 8.61. The van der Waals surface area contributed by atoms with Gasteiger partial charge in [-0.3, -0.25) is 0 Å². The lowest BCUT2D eigenvalue weighted by atomic mass is 10.1. The fraction of sp³-hybridized carbons (Fsp3) is 0.400. The molecule has 0 saturated carbocycles. The summed E-state index contributed by atoms with van der Waals surface area (Å²) in [5, 5.41) is 5.45. The Bertz CT molecular complexity index is 787. The third kappa shape index (κ3) is 5.10. The molecule has 1 unspecified atom stereocenters. The van der Waals surface area contributed by atoms with Gasteiger partial charge in [0.2, 0.25) is 8.32 Å². The molecular weight excluding hydrogens is 405 g/mol. The van der Waals surface area contributed by atoms with Gasteiger partial charge >= 0.3 is 0 Å². The van der Waals surface area contributed by atoms with Crippen LogP contribution in [0.5, 0.6) is 5.75 Å². The van der Waals surface area contributed by atoms with Crippen LogP contribution in [0.1, 0.15) is 39.3 Å². The zero-order valence-corrected chi connectivity index (χ0v) is 19.4. The summed E-state index contributed by atoms with van der Waals surface area (Å²) >= 11 is 18.7. The van der Waals surface area contributed by atoms with E-state index in [1.807, 2.05) is 37.3 Å². The van der Waals surface area contributed by atoms with E-state index >= 15 is 0 Å². The van der Waals surface area contributed by atoms with E-state index in [1.165, 1.54) is 0 Å². The van der Waals surface area contributed by atoms with E-state index in [9.17, 15) is 0 Å². The highest BCUT2D eigenvalue weighted by Crippen LogP contribution is 2.39. The van der Waals surface area contributed by atoms with E-state index in [0.29, 0.717) is 15.1 Å². The summed E-state index contributed by atoms with van der Waals surface area (Å²) in [5.41, 5.74) is 1.78. The summed E-state index contributed by atoms with van der Waals surface area (Å²) in [6.45, 7) is 13.2. The van der Waals surface area contributed by atoms with Crippen molar-refractivity contribution in [2.75, 3.05) is 5.32 Å². The van der Waals surface area contributed by atoms with Crippen LogP contribution in [0, 0.1) is 0 Å². The highest BCUT2D eigenvalue weighted by atomic mass is 35.5. The molecule has 0 fully saturated rings. The van der Waals surface area contributed by atoms with E-state index in [-0.39, 0.29) is 11.1 Å². The van der Waals surface area contributed by atoms with Crippen LogP contribution in [-0.4, -0.2) is 8.32 Å². The number of halogens is 3. The SMILES string of the molecule is CC(Nc1cc(O[Si](C)(C)C(C)(C)C)ccc1Cl)c1ccc(Cl)cc1Cl. The highest BCUT2D eigenvalue weighted by Gasteiger charge is 2.39. The van der Waals surface area contributed by atoms with Crippen molar-refractivity contribution in [3.8, 4) is 5.75 Å². The maximum absolute atomic E-state index is 6.39. The number of benzene rings is 2. The van der Waals surface area contributed by atoms with E-state index in [0.717, 1.165) is 17.0 Å². The number of hydrogen-bond acceptors (Lipinski definition) is 2. The molecule has 0 aromatic heterocycles. The van der Waals surface area contributed by atoms with Crippen molar-refractivity contribution in [2.24, 2.45) is 0 Å². The molecule has 2 nitrogen and oxygen atoms in total. The van der Waals surface area contributed by atoms with E-state index in [4.69, 9.17) is 39.2 Å². The summed E-state index contributed by atoms with van der Waals surface area (Å²) in [7, 11) is -1.91. The molecule has 142 valence electrons. The van der Waals surface area contributed by atoms with Crippen LogP contribution in [0.15, 0.2) is 36.4 Å². The maximum atomic E-state index is 6.39. The largest absolute Gasteiger partial charge is 0.543 e. The monoisotopic (exact) mass is 429 g/mol. The first kappa shape index (κ1) is 21.4. The normalized spacial score (nSPS) is 13.4. The fourth-order valence-corrected chi connectivity index (χ4v) is 4.06. The van der Waals surface area contributed by atoms with Crippen LogP contribution in [0.25, 0.3) is 0 Å². The molecule has 2 aromatic rings. The van der Waals surface area contributed by atoms with Crippen molar-refractivity contribution in [1.82, 2.24) is 0 Å². The lowest BCUT2D eigenvalue weighted by Crippen LogP contribution is -2.43. The second-order valence-corrected chi connectivity index (χ2v) is 14.0. The van der Waals surface area contributed by atoms with Crippen molar-refractivity contribution in [3.63, 3.8) is 0 Å². The van der Waals surface area contributed by atoms with Crippen molar-refractivity contribution < 1.29 is 4.43 Å². The molecule has 1 atom stereocenters. The summed E-state index contributed by atoms with van der Waals surface area (Å²) < 4.78 is 6.39. The van der Waals surface area contributed by atoms with Crippen molar-refractivity contribution >= 4 is 48.8 Å². The minimum absolute atomic E-state index is 0.0274. The zero-order chi connectivity index (χ0) is 19.7. The van der Waals surface area contributed by atoms with Gasteiger partial charge in [0.05, 0.1) is 16.8 Å². The molecule has 0 aliphatic carbocycles. The Morgan fingerprint density at radius 2 is 1.62 bits per heavy atom. The number of nitrogens with one attached hydrogen (secondary N) is 1. The summed E-state index contributed by atoms with van der Waals surface area (Å²) in [6.07, 6.45) is 0. The van der Waals surface area contributed by atoms with Gasteiger partial charge in [-0.2, -0.15) is 0 Å². The maximum Gasteiger partial charge on any atom is 0.250 e. The lowest BCUT2D eigenvalue weighted by Gasteiger charge is -2.36. The molecule has 2 aromatic carbocycles. The average Bonchev–Trinajstić information content (AvgIpc) is 2.49. The predicted octanol–water partition coefficient (Wildman–Crippen LogP) is 8.20. The smallest absolute Gasteiger partial charge is 0.250 e. The molecule has 0 aliphatic rings. The average molecular weight is 431 g/mol. The molecule has 0 aliphatic heterocycles. The van der Waals surface area contributed by atoms with Gasteiger partial charge in [0.25, 0.3) is 0 Å². The molecule has 6 heteroatoms. The van der Waals surface area contributed by atoms with Gasteiger partial charge in [-0.1, -0.05) is 61.6 Å². The minimum atomic E-state index is -1.91. The van der Waals surface area contributed by atoms with Crippen molar-refractivity contribution in [2.45, 2.75) is 51.9 Å². The standard InChI is InChI=1S/C20H26Cl3NOSi/c1-13(16-9-7-14(21)11-18(16)23)24-19-12-15(8-10-17(19)22)25-26(5,6)20(2,3)4/h7-13,24H,1-6H3. The number of hydrogen-bond donors (Lipinski definition) is 1. The Morgan fingerprint density at radius 3 is 2.19 bits per heavy atom. The summed E-state index contributed by atoms with van der Waals surface area (Å²) in [5.74, 6) is 0.831. The fourth-order valence-electron chi connectivity index (χ4n) is 2.29. The molecule has 0 heterocycles. The number of rotatable bonds is 5. The van der Waals surface area contributed by atoms with Gasteiger partial charge in [-0.25, -0.2) is 0 Å². The molecule has 0 spiro atoms. The Balaban J connectivity index is 2.24. The molecule has 0 saturated heterocycles. The van der Waals surface area contributed by atoms with Crippen molar-refractivity contribution in [3.05, 3.63) is 57.0 Å². The van der Waals surface area contributed by atoms with Gasteiger partial charge in [-0.15, -0.1) is 0 Å². The summed E-state index contributed by atoms with van der Waals surface area (Å²) in [6, 6.07) is 11.2. The molecule has 0 bridgehead atoms. The highest BCUT2D eigenvalue weighted by molar-refractivity contribution is 6.74. The Hall–Kier alpha value is -0.873. The van der Waals surface area contributed by atoms with Crippen LogP contribution in [-0.2, 0) is 0 Å². The quantitative estimate of drug-likeness (QED) is 0.482. The topological polar surface area (TPSA) is 21.3 Å². The third-order valence-electron chi connectivity index (χ3n) is 4.92. The molecule has 0 amide bonds. The van der Waals surface area contributed by atoms with Gasteiger partial charge in [0.1, 0.15) is 5.75 Å². The van der Waals surface area contributed by atoms with Gasteiger partial charge in [-0.05, 0) is 54.9 Å². The lowest BCUT2D eigenvalue weighted by molar-refractivity contribution is 0.492. The zero-order valence-electron chi connectivity index (χ0n) is 16.1. The van der Waals surface area contributed by atoms with Crippen molar-refractivity contribution in [1.29, 1.82) is 0 Å². The van der Waals surface area contributed by atoms with Gasteiger partial charge in [0.15, 0.2) is 0 Å². The molecule has 0 radical (unpaired) electrons. The van der Waals surface area contributed by atoms with Crippen LogP contribution in [0.3, 0.4) is 0 Å². The second kappa shape index (κ2) is 8.01. The van der Waals surface area contributed by atoms with E-state index < -0.39 is 8.32 Å². The first-order valence-corrected chi connectivity index (χ1v) is 12.6.